The third kappa shape index (κ3) is 3.16. The number of H-pyrrole nitrogens is 1. The van der Waals surface area contributed by atoms with Gasteiger partial charge in [-0.2, -0.15) is 4.98 Å². The summed E-state index contributed by atoms with van der Waals surface area (Å²) in [6, 6.07) is 6.06. The summed E-state index contributed by atoms with van der Waals surface area (Å²) in [7, 11) is 0. The Morgan fingerprint density at radius 2 is 1.85 bits per heavy atom. The van der Waals surface area contributed by atoms with Crippen molar-refractivity contribution in [2.24, 2.45) is 5.92 Å². The Morgan fingerprint density at radius 3 is 2.52 bits per heavy atom. The van der Waals surface area contributed by atoms with Gasteiger partial charge < -0.3 is 4.90 Å². The summed E-state index contributed by atoms with van der Waals surface area (Å²) >= 11 is 5.65. The van der Waals surface area contributed by atoms with Crippen LogP contribution in [0, 0.1) is 24.4 Å². The lowest BCUT2D eigenvalue weighted by molar-refractivity contribution is 0.434. The average molecular weight is 382 g/mol. The van der Waals surface area contributed by atoms with Crippen molar-refractivity contribution in [3.8, 4) is 5.69 Å². The molecule has 6 nitrogen and oxygen atoms in total. The van der Waals surface area contributed by atoms with Crippen LogP contribution >= 0.6 is 12.2 Å². The number of fused-ring (bicyclic) bond motifs is 1. The van der Waals surface area contributed by atoms with Crippen LogP contribution in [-0.4, -0.2) is 32.6 Å². The van der Waals surface area contributed by atoms with Gasteiger partial charge in [0.2, 0.25) is 5.95 Å². The van der Waals surface area contributed by atoms with E-state index in [0.29, 0.717) is 27.5 Å². The van der Waals surface area contributed by atoms with Crippen molar-refractivity contribution in [3.05, 3.63) is 50.6 Å². The van der Waals surface area contributed by atoms with Crippen LogP contribution in [0.2, 0.25) is 0 Å². The minimum atomic E-state index is -0.230. The highest BCUT2D eigenvalue weighted by molar-refractivity contribution is 7.71. The molecule has 0 atom stereocenters. The van der Waals surface area contributed by atoms with Gasteiger partial charge >= 0.3 is 0 Å². The molecule has 1 aliphatic rings. The van der Waals surface area contributed by atoms with E-state index < -0.39 is 0 Å². The highest BCUT2D eigenvalue weighted by Crippen LogP contribution is 2.23. The van der Waals surface area contributed by atoms with Crippen LogP contribution in [0.5, 0.6) is 0 Å². The maximum Gasteiger partial charge on any atom is 0.264 e. The number of benzene rings is 1. The van der Waals surface area contributed by atoms with Crippen LogP contribution in [0.1, 0.15) is 30.9 Å². The number of anilines is 1. The Labute approximate surface area is 162 Å². The van der Waals surface area contributed by atoms with E-state index in [0.717, 1.165) is 42.7 Å². The molecular weight excluding hydrogens is 358 g/mol. The fourth-order valence-electron chi connectivity index (χ4n) is 3.74. The molecule has 1 aliphatic heterocycles. The largest absolute Gasteiger partial charge is 0.342 e. The summed E-state index contributed by atoms with van der Waals surface area (Å²) in [5.41, 5.74) is 3.29. The molecule has 1 aromatic carbocycles. The molecule has 0 aliphatic carbocycles. The summed E-state index contributed by atoms with van der Waals surface area (Å²) in [6.07, 6.45) is 3.88. The fourth-order valence-corrected chi connectivity index (χ4v) is 4.06. The van der Waals surface area contributed by atoms with E-state index in [1.54, 1.807) is 6.33 Å². The average Bonchev–Trinajstić information content (AvgIpc) is 2.63. The molecule has 3 heterocycles. The highest BCUT2D eigenvalue weighted by Gasteiger charge is 2.19. The van der Waals surface area contributed by atoms with E-state index >= 15 is 0 Å². The lowest BCUT2D eigenvalue weighted by Gasteiger charge is -2.30. The molecule has 140 valence electrons. The van der Waals surface area contributed by atoms with Gasteiger partial charge in [-0.1, -0.05) is 37.3 Å². The van der Waals surface area contributed by atoms with Crippen molar-refractivity contribution in [2.45, 2.75) is 33.6 Å². The van der Waals surface area contributed by atoms with Crippen molar-refractivity contribution in [3.63, 3.8) is 0 Å². The van der Waals surface area contributed by atoms with Crippen LogP contribution in [0.25, 0.3) is 16.7 Å². The number of aryl methyl sites for hydroxylation is 2. The number of hydrogen-bond acceptors (Lipinski definition) is 5. The normalized spacial score (nSPS) is 15.4. The van der Waals surface area contributed by atoms with Crippen LogP contribution < -0.4 is 10.5 Å². The number of hydrogen-bond donors (Lipinski definition) is 1. The van der Waals surface area contributed by atoms with Crippen molar-refractivity contribution >= 4 is 29.2 Å². The third-order valence-electron chi connectivity index (χ3n) is 5.38. The van der Waals surface area contributed by atoms with Gasteiger partial charge in [-0.25, -0.2) is 4.98 Å². The van der Waals surface area contributed by atoms with Gasteiger partial charge in [0, 0.05) is 13.1 Å². The highest BCUT2D eigenvalue weighted by atomic mass is 32.1. The third-order valence-corrected chi connectivity index (χ3v) is 5.78. The molecule has 1 saturated heterocycles. The van der Waals surface area contributed by atoms with Gasteiger partial charge in [0.05, 0.1) is 5.69 Å². The van der Waals surface area contributed by atoms with Crippen molar-refractivity contribution in [2.75, 3.05) is 18.0 Å². The minimum Gasteiger partial charge on any atom is -0.342 e. The first-order valence-electron chi connectivity index (χ1n) is 9.29. The fraction of sp³-hybridized carbons (Fsp3) is 0.400. The molecule has 0 unspecified atom stereocenters. The first-order valence-corrected chi connectivity index (χ1v) is 9.69. The van der Waals surface area contributed by atoms with Crippen LogP contribution in [-0.2, 0) is 0 Å². The molecule has 0 saturated carbocycles. The van der Waals surface area contributed by atoms with Crippen LogP contribution in [0.4, 0.5) is 5.95 Å². The minimum absolute atomic E-state index is 0.230. The Bertz CT molecular complexity index is 1110. The number of aromatic nitrogens is 4. The first kappa shape index (κ1) is 17.9. The van der Waals surface area contributed by atoms with Gasteiger partial charge in [-0.15, -0.1) is 0 Å². The van der Waals surface area contributed by atoms with Crippen molar-refractivity contribution in [1.29, 1.82) is 0 Å². The molecule has 3 aromatic rings. The molecule has 0 amide bonds. The molecule has 2 aromatic heterocycles. The van der Waals surface area contributed by atoms with Crippen molar-refractivity contribution < 1.29 is 0 Å². The zero-order valence-electron chi connectivity index (χ0n) is 15.8. The second-order valence-corrected chi connectivity index (χ2v) is 7.80. The maximum atomic E-state index is 12.8. The van der Waals surface area contributed by atoms with Crippen LogP contribution in [0.15, 0.2) is 29.3 Å². The summed E-state index contributed by atoms with van der Waals surface area (Å²) < 4.78 is 2.24. The number of nitrogens with one attached hydrogen (secondary N) is 1. The van der Waals surface area contributed by atoms with E-state index in [2.05, 4.69) is 26.8 Å². The Balaban J connectivity index is 1.85. The molecule has 27 heavy (non-hydrogen) atoms. The first-order chi connectivity index (χ1) is 13.0. The van der Waals surface area contributed by atoms with Gasteiger partial charge in [-0.05, 0) is 43.7 Å². The monoisotopic (exact) mass is 381 g/mol. The second kappa shape index (κ2) is 6.88. The lowest BCUT2D eigenvalue weighted by atomic mass is 10.00. The van der Waals surface area contributed by atoms with Gasteiger partial charge in [0.1, 0.15) is 16.4 Å². The molecule has 4 rings (SSSR count). The maximum absolute atomic E-state index is 12.8. The predicted molar refractivity (Wildman–Crippen MR) is 110 cm³/mol. The smallest absolute Gasteiger partial charge is 0.264 e. The van der Waals surface area contributed by atoms with Crippen LogP contribution in [0.3, 0.4) is 0 Å². The molecule has 1 N–H and O–H groups in total. The molecule has 0 bridgehead atoms. The van der Waals surface area contributed by atoms with Gasteiger partial charge in [0.25, 0.3) is 5.56 Å². The molecule has 0 radical (unpaired) electrons. The van der Waals surface area contributed by atoms with E-state index in [1.165, 1.54) is 0 Å². The molecule has 7 heteroatoms. The Kier molecular flexibility index (Phi) is 4.55. The summed E-state index contributed by atoms with van der Waals surface area (Å²) in [4.78, 5) is 27.0. The van der Waals surface area contributed by atoms with Crippen molar-refractivity contribution in [1.82, 2.24) is 19.5 Å². The molecule has 0 spiro atoms. The Hall–Kier alpha value is -2.54. The second-order valence-electron chi connectivity index (χ2n) is 7.42. The molecular formula is C20H23N5OS. The summed E-state index contributed by atoms with van der Waals surface area (Å²) in [6.45, 7) is 8.09. The number of aromatic amines is 1. The number of para-hydroxylation sites is 1. The number of rotatable bonds is 2. The van der Waals surface area contributed by atoms with E-state index in [1.807, 2.05) is 36.6 Å². The van der Waals surface area contributed by atoms with Gasteiger partial charge in [-0.3, -0.25) is 14.3 Å². The number of piperidine rings is 1. The lowest BCUT2D eigenvalue weighted by Crippen LogP contribution is -2.35. The topological polar surface area (TPSA) is 66.8 Å². The van der Waals surface area contributed by atoms with Gasteiger partial charge in [0.15, 0.2) is 5.65 Å². The zero-order chi connectivity index (χ0) is 19.1. The number of nitrogens with zero attached hydrogens (tertiary/aromatic N) is 4. The van der Waals surface area contributed by atoms with E-state index in [-0.39, 0.29) is 5.56 Å². The standard InChI is InChI=1S/C20H23N5OS/c1-12-7-9-24(10-8-12)20-22-17-15(18(26)23-20)19(27)25(11-21-17)16-13(2)5-4-6-14(16)3/h4-6,11-12H,7-10H2,1-3H3,(H,22,23,26). The quantitative estimate of drug-likeness (QED) is 0.686. The van der Waals surface area contributed by atoms with E-state index in [9.17, 15) is 4.79 Å². The SMILES string of the molecule is Cc1cccc(C)c1-n1cnc2nc(N3CCC(C)CC3)[nH]c(=O)c2c1=S. The summed E-state index contributed by atoms with van der Waals surface area (Å²) in [5.74, 6) is 1.30. The zero-order valence-corrected chi connectivity index (χ0v) is 16.6. The molecule has 1 fully saturated rings. The van der Waals surface area contributed by atoms with E-state index in [4.69, 9.17) is 12.2 Å². The predicted octanol–water partition coefficient (Wildman–Crippen LogP) is 3.69. The Morgan fingerprint density at radius 1 is 1.19 bits per heavy atom. The summed E-state index contributed by atoms with van der Waals surface area (Å²) in [5, 5.41) is 0.365.